The second-order valence-electron chi connectivity index (χ2n) is 4.90. The van der Waals surface area contributed by atoms with Crippen LogP contribution >= 0.6 is 15.9 Å². The molecule has 21 heavy (non-hydrogen) atoms. The number of primary sulfonamides is 1. The molecule has 4 nitrogen and oxygen atoms in total. The van der Waals surface area contributed by atoms with Gasteiger partial charge in [0.2, 0.25) is 10.0 Å². The number of anilines is 1. The Kier molecular flexibility index (Phi) is 4.70. The van der Waals surface area contributed by atoms with Crippen molar-refractivity contribution in [3.63, 3.8) is 0 Å². The zero-order chi connectivity index (χ0) is 15.6. The average molecular weight is 369 g/mol. The van der Waals surface area contributed by atoms with Crippen molar-refractivity contribution in [3.05, 3.63) is 58.1 Å². The molecule has 0 aromatic heterocycles. The lowest BCUT2D eigenvalue weighted by molar-refractivity contribution is 0.597. The first-order chi connectivity index (χ1) is 9.79. The smallest absolute Gasteiger partial charge is 0.238 e. The van der Waals surface area contributed by atoms with Gasteiger partial charge in [0.25, 0.3) is 0 Å². The molecule has 6 heteroatoms. The number of hydrogen-bond acceptors (Lipinski definition) is 3. The van der Waals surface area contributed by atoms with Crippen LogP contribution in [0.3, 0.4) is 0 Å². The van der Waals surface area contributed by atoms with Crippen LogP contribution in [-0.2, 0) is 10.0 Å². The molecule has 3 N–H and O–H groups in total. The number of sulfonamides is 1. The van der Waals surface area contributed by atoms with Crippen LogP contribution in [-0.4, -0.2) is 8.42 Å². The molecule has 0 bridgehead atoms. The normalized spacial score (nSPS) is 13.0. The summed E-state index contributed by atoms with van der Waals surface area (Å²) in [6, 6.07) is 12.5. The van der Waals surface area contributed by atoms with Crippen LogP contribution in [0.1, 0.15) is 24.1 Å². The molecule has 0 heterocycles. The molecule has 1 atom stereocenters. The van der Waals surface area contributed by atoms with E-state index in [1.807, 2.05) is 38.1 Å². The van der Waals surface area contributed by atoms with Crippen LogP contribution < -0.4 is 10.5 Å². The largest absolute Gasteiger partial charge is 0.378 e. The number of halogens is 1. The van der Waals surface area contributed by atoms with E-state index in [0.29, 0.717) is 0 Å². The first-order valence-electron chi connectivity index (χ1n) is 6.43. The summed E-state index contributed by atoms with van der Waals surface area (Å²) < 4.78 is 23.9. The molecule has 2 rings (SSSR count). The quantitative estimate of drug-likeness (QED) is 0.865. The van der Waals surface area contributed by atoms with Crippen molar-refractivity contribution in [1.82, 2.24) is 0 Å². The van der Waals surface area contributed by atoms with Crippen molar-refractivity contribution in [2.24, 2.45) is 5.14 Å². The van der Waals surface area contributed by atoms with Crippen molar-refractivity contribution in [2.45, 2.75) is 24.8 Å². The van der Waals surface area contributed by atoms with E-state index in [1.54, 1.807) is 12.1 Å². The van der Waals surface area contributed by atoms with E-state index >= 15 is 0 Å². The monoisotopic (exact) mass is 368 g/mol. The van der Waals surface area contributed by atoms with Crippen molar-refractivity contribution < 1.29 is 8.42 Å². The third kappa shape index (κ3) is 3.84. The molecule has 0 amide bonds. The van der Waals surface area contributed by atoms with E-state index in [2.05, 4.69) is 21.2 Å². The zero-order valence-corrected chi connectivity index (χ0v) is 14.2. The van der Waals surface area contributed by atoms with Crippen LogP contribution in [0.4, 0.5) is 5.69 Å². The summed E-state index contributed by atoms with van der Waals surface area (Å²) in [5, 5.41) is 8.55. The third-order valence-corrected chi connectivity index (χ3v) is 5.10. The second-order valence-corrected chi connectivity index (χ2v) is 7.31. The Morgan fingerprint density at radius 3 is 2.52 bits per heavy atom. The number of rotatable bonds is 4. The highest BCUT2D eigenvalue weighted by molar-refractivity contribution is 9.10. The van der Waals surface area contributed by atoms with Gasteiger partial charge in [-0.2, -0.15) is 0 Å². The summed E-state index contributed by atoms with van der Waals surface area (Å²) in [5.74, 6) is 0. The van der Waals surface area contributed by atoms with Crippen LogP contribution in [0.5, 0.6) is 0 Å². The number of benzene rings is 2. The molecule has 0 saturated heterocycles. The summed E-state index contributed by atoms with van der Waals surface area (Å²) in [6.07, 6.45) is 0. The first kappa shape index (κ1) is 16.0. The average Bonchev–Trinajstić information content (AvgIpc) is 2.43. The lowest BCUT2D eigenvalue weighted by Gasteiger charge is -2.18. The predicted octanol–water partition coefficient (Wildman–Crippen LogP) is 3.58. The maximum absolute atomic E-state index is 11.4. The molecular formula is C15H17BrN2O2S. The summed E-state index contributed by atoms with van der Waals surface area (Å²) in [5.41, 5.74) is 2.96. The lowest BCUT2D eigenvalue weighted by Crippen LogP contribution is -2.14. The van der Waals surface area contributed by atoms with E-state index in [9.17, 15) is 8.42 Å². The third-order valence-electron chi connectivity index (χ3n) is 3.33. The van der Waals surface area contributed by atoms with Gasteiger partial charge in [0, 0.05) is 16.2 Å². The van der Waals surface area contributed by atoms with Gasteiger partial charge in [0.15, 0.2) is 0 Å². The van der Waals surface area contributed by atoms with Crippen LogP contribution in [0.2, 0.25) is 0 Å². The van der Waals surface area contributed by atoms with Gasteiger partial charge in [0.05, 0.1) is 4.90 Å². The molecule has 0 spiro atoms. The van der Waals surface area contributed by atoms with Crippen molar-refractivity contribution in [1.29, 1.82) is 0 Å². The molecule has 2 aromatic carbocycles. The maximum Gasteiger partial charge on any atom is 0.238 e. The molecule has 0 fully saturated rings. The maximum atomic E-state index is 11.4. The number of hydrogen-bond donors (Lipinski definition) is 2. The second kappa shape index (κ2) is 6.17. The van der Waals surface area contributed by atoms with Gasteiger partial charge in [-0.25, -0.2) is 13.6 Å². The van der Waals surface area contributed by atoms with Gasteiger partial charge in [-0.15, -0.1) is 0 Å². The fourth-order valence-corrected chi connectivity index (χ4v) is 2.98. The Hall–Kier alpha value is -1.37. The van der Waals surface area contributed by atoms with Crippen LogP contribution in [0.25, 0.3) is 0 Å². The number of nitrogens with one attached hydrogen (secondary N) is 1. The van der Waals surface area contributed by atoms with E-state index in [0.717, 1.165) is 21.3 Å². The highest BCUT2D eigenvalue weighted by Gasteiger charge is 2.12. The summed E-state index contributed by atoms with van der Waals surface area (Å²) in [4.78, 5) is 0.125. The Bertz CT molecular complexity index is 760. The summed E-state index contributed by atoms with van der Waals surface area (Å²) in [7, 11) is -3.68. The molecule has 0 aliphatic carbocycles. The predicted molar refractivity (Wildman–Crippen MR) is 88.7 cm³/mol. The minimum atomic E-state index is -3.68. The molecule has 0 aliphatic heterocycles. The Morgan fingerprint density at radius 2 is 1.86 bits per heavy atom. The van der Waals surface area contributed by atoms with E-state index in [4.69, 9.17) is 5.14 Å². The molecular weight excluding hydrogens is 352 g/mol. The van der Waals surface area contributed by atoms with Crippen molar-refractivity contribution in [3.8, 4) is 0 Å². The molecule has 112 valence electrons. The zero-order valence-electron chi connectivity index (χ0n) is 11.8. The van der Waals surface area contributed by atoms with Crippen LogP contribution in [0.15, 0.2) is 51.8 Å². The Morgan fingerprint density at radius 1 is 1.19 bits per heavy atom. The van der Waals surface area contributed by atoms with Crippen molar-refractivity contribution in [2.75, 3.05) is 5.32 Å². The molecule has 0 aliphatic rings. The SMILES string of the molecule is Cc1c(Br)cccc1NC(C)c1cccc(S(N)(=O)=O)c1. The molecule has 0 saturated carbocycles. The molecule has 0 radical (unpaired) electrons. The van der Waals surface area contributed by atoms with Crippen LogP contribution in [0, 0.1) is 6.92 Å². The van der Waals surface area contributed by atoms with E-state index in [-0.39, 0.29) is 10.9 Å². The van der Waals surface area contributed by atoms with Gasteiger partial charge in [-0.3, -0.25) is 0 Å². The van der Waals surface area contributed by atoms with E-state index in [1.165, 1.54) is 6.07 Å². The Balaban J connectivity index is 2.29. The fraction of sp³-hybridized carbons (Fsp3) is 0.200. The van der Waals surface area contributed by atoms with Gasteiger partial charge in [-0.05, 0) is 49.2 Å². The van der Waals surface area contributed by atoms with Gasteiger partial charge < -0.3 is 5.32 Å². The topological polar surface area (TPSA) is 72.2 Å². The van der Waals surface area contributed by atoms with Gasteiger partial charge in [-0.1, -0.05) is 34.1 Å². The minimum absolute atomic E-state index is 0.0419. The summed E-state index contributed by atoms with van der Waals surface area (Å²) >= 11 is 3.49. The van der Waals surface area contributed by atoms with Crippen molar-refractivity contribution >= 4 is 31.6 Å². The highest BCUT2D eigenvalue weighted by Crippen LogP contribution is 2.27. The fourth-order valence-electron chi connectivity index (χ4n) is 2.04. The van der Waals surface area contributed by atoms with Gasteiger partial charge >= 0.3 is 0 Å². The highest BCUT2D eigenvalue weighted by atomic mass is 79.9. The lowest BCUT2D eigenvalue weighted by atomic mass is 10.1. The van der Waals surface area contributed by atoms with E-state index < -0.39 is 10.0 Å². The Labute approximate surface area is 133 Å². The first-order valence-corrected chi connectivity index (χ1v) is 8.77. The standard InChI is InChI=1S/C15H17BrN2O2S/c1-10-14(16)7-4-8-15(10)18-11(2)12-5-3-6-13(9-12)21(17,19)20/h3-9,11,18H,1-2H3,(H2,17,19,20). The molecule has 2 aromatic rings. The van der Waals surface area contributed by atoms with Gasteiger partial charge in [0.1, 0.15) is 0 Å². The molecule has 1 unspecified atom stereocenters. The summed E-state index contributed by atoms with van der Waals surface area (Å²) in [6.45, 7) is 3.99. The number of nitrogens with two attached hydrogens (primary N) is 1. The minimum Gasteiger partial charge on any atom is -0.378 e.